The number of hydrogen-bond donors (Lipinski definition) is 0. The van der Waals surface area contributed by atoms with Gasteiger partial charge < -0.3 is 9.42 Å². The molecule has 2 aromatic heterocycles. The largest absolute Gasteiger partial charge is 0.339 e. The number of carbonyl (C=O) groups excluding carboxylic acids is 1. The van der Waals surface area contributed by atoms with E-state index in [1.807, 2.05) is 7.05 Å². The molecule has 0 N–H and O–H groups in total. The zero-order valence-corrected chi connectivity index (χ0v) is 14.1. The summed E-state index contributed by atoms with van der Waals surface area (Å²) in [7, 11) is 2.01. The molecule has 4 rings (SSSR count). The van der Waals surface area contributed by atoms with Crippen LogP contribution in [0, 0.1) is 0 Å². The number of halogens is 1. The van der Waals surface area contributed by atoms with Crippen LogP contribution in [0.2, 0.25) is 5.02 Å². The fourth-order valence-corrected chi connectivity index (χ4v) is 3.13. The Morgan fingerprint density at radius 2 is 2.21 bits per heavy atom. The molecule has 3 heterocycles. The number of rotatable bonds is 3. The number of carbonyl (C=O) groups is 1. The second-order valence-corrected chi connectivity index (χ2v) is 6.78. The van der Waals surface area contributed by atoms with Crippen LogP contribution in [0.15, 0.2) is 23.0 Å². The lowest BCUT2D eigenvalue weighted by molar-refractivity contribution is 0.0529. The standard InChI is InChI=1S/C16H18ClN5O2/c1-21-6-7-22(16(23)11-4-5-18-8-12(11)17)9-13(21)14-19-15(24-20-14)10-2-3-10/h4-5,8,10,13H,2-3,6-7,9H2,1H3. The number of aromatic nitrogens is 3. The van der Waals surface area contributed by atoms with Crippen LogP contribution in [0.4, 0.5) is 0 Å². The Labute approximate surface area is 144 Å². The molecular formula is C16H18ClN5O2. The van der Waals surface area contributed by atoms with E-state index in [9.17, 15) is 4.79 Å². The number of amides is 1. The summed E-state index contributed by atoms with van der Waals surface area (Å²) in [5.41, 5.74) is 0.474. The van der Waals surface area contributed by atoms with Gasteiger partial charge in [0.25, 0.3) is 5.91 Å². The van der Waals surface area contributed by atoms with E-state index in [0.29, 0.717) is 35.4 Å². The monoisotopic (exact) mass is 347 g/mol. The molecule has 7 nitrogen and oxygen atoms in total. The van der Waals surface area contributed by atoms with Crippen LogP contribution in [0.3, 0.4) is 0 Å². The molecule has 1 aliphatic heterocycles. The molecule has 2 aromatic rings. The van der Waals surface area contributed by atoms with Crippen molar-refractivity contribution >= 4 is 17.5 Å². The van der Waals surface area contributed by atoms with Crippen LogP contribution in [0.25, 0.3) is 0 Å². The van der Waals surface area contributed by atoms with E-state index < -0.39 is 0 Å². The van der Waals surface area contributed by atoms with Crippen molar-refractivity contribution in [1.82, 2.24) is 24.9 Å². The third-order valence-corrected chi connectivity index (χ3v) is 4.92. The Morgan fingerprint density at radius 1 is 1.38 bits per heavy atom. The molecule has 1 aliphatic carbocycles. The molecule has 1 saturated heterocycles. The number of hydrogen-bond acceptors (Lipinski definition) is 6. The van der Waals surface area contributed by atoms with Crippen molar-refractivity contribution in [2.45, 2.75) is 24.8 Å². The fourth-order valence-electron chi connectivity index (χ4n) is 2.93. The van der Waals surface area contributed by atoms with Gasteiger partial charge in [0.1, 0.15) is 0 Å². The van der Waals surface area contributed by atoms with Crippen molar-refractivity contribution < 1.29 is 9.32 Å². The number of pyridine rings is 1. The van der Waals surface area contributed by atoms with Gasteiger partial charge in [0.15, 0.2) is 5.82 Å². The minimum Gasteiger partial charge on any atom is -0.339 e. The Bertz CT molecular complexity index is 760. The molecular weight excluding hydrogens is 330 g/mol. The van der Waals surface area contributed by atoms with Gasteiger partial charge in [0.2, 0.25) is 5.89 Å². The Hall–Kier alpha value is -1.99. The molecule has 0 radical (unpaired) electrons. The highest BCUT2D eigenvalue weighted by molar-refractivity contribution is 6.33. The lowest BCUT2D eigenvalue weighted by Crippen LogP contribution is -2.49. The van der Waals surface area contributed by atoms with Gasteiger partial charge in [-0.05, 0) is 26.0 Å². The van der Waals surface area contributed by atoms with Crippen molar-refractivity contribution in [3.8, 4) is 0 Å². The molecule has 2 aliphatic rings. The van der Waals surface area contributed by atoms with E-state index >= 15 is 0 Å². The molecule has 1 amide bonds. The smallest absolute Gasteiger partial charge is 0.255 e. The summed E-state index contributed by atoms with van der Waals surface area (Å²) in [6.45, 7) is 1.89. The van der Waals surface area contributed by atoms with Crippen molar-refractivity contribution in [3.05, 3.63) is 40.8 Å². The number of piperazine rings is 1. The fraction of sp³-hybridized carbons (Fsp3) is 0.500. The Balaban J connectivity index is 1.53. The van der Waals surface area contributed by atoms with Gasteiger partial charge in [-0.1, -0.05) is 16.8 Å². The lowest BCUT2D eigenvalue weighted by atomic mass is 10.1. The van der Waals surface area contributed by atoms with Gasteiger partial charge in [-0.3, -0.25) is 14.7 Å². The second kappa shape index (κ2) is 6.14. The molecule has 2 fully saturated rings. The van der Waals surface area contributed by atoms with Crippen molar-refractivity contribution in [1.29, 1.82) is 0 Å². The van der Waals surface area contributed by atoms with Gasteiger partial charge in [0.05, 0.1) is 16.6 Å². The minimum atomic E-state index is -0.0913. The molecule has 0 bridgehead atoms. The number of likely N-dealkylation sites (N-methyl/N-ethyl adjacent to an activating group) is 1. The number of nitrogens with zero attached hydrogens (tertiary/aromatic N) is 5. The first-order valence-corrected chi connectivity index (χ1v) is 8.44. The topological polar surface area (TPSA) is 75.4 Å². The van der Waals surface area contributed by atoms with Crippen LogP contribution >= 0.6 is 11.6 Å². The highest BCUT2D eigenvalue weighted by Gasteiger charge is 2.35. The summed E-state index contributed by atoms with van der Waals surface area (Å²) in [4.78, 5) is 25.2. The minimum absolute atomic E-state index is 0.0698. The second-order valence-electron chi connectivity index (χ2n) is 6.37. The summed E-state index contributed by atoms with van der Waals surface area (Å²) in [5.74, 6) is 1.71. The highest BCUT2D eigenvalue weighted by atomic mass is 35.5. The zero-order valence-electron chi connectivity index (χ0n) is 13.4. The molecule has 0 spiro atoms. The molecule has 24 heavy (non-hydrogen) atoms. The first-order chi connectivity index (χ1) is 11.6. The van der Waals surface area contributed by atoms with E-state index in [2.05, 4.69) is 20.0 Å². The average molecular weight is 348 g/mol. The van der Waals surface area contributed by atoms with E-state index in [4.69, 9.17) is 16.1 Å². The Kier molecular flexibility index (Phi) is 3.97. The molecule has 8 heteroatoms. The molecule has 1 saturated carbocycles. The van der Waals surface area contributed by atoms with E-state index in [1.165, 1.54) is 6.20 Å². The zero-order chi connectivity index (χ0) is 16.7. The summed E-state index contributed by atoms with van der Waals surface area (Å²) < 4.78 is 5.37. The van der Waals surface area contributed by atoms with Gasteiger partial charge >= 0.3 is 0 Å². The highest BCUT2D eigenvalue weighted by Crippen LogP contribution is 2.39. The van der Waals surface area contributed by atoms with Gasteiger partial charge in [-0.25, -0.2) is 0 Å². The van der Waals surface area contributed by atoms with Crippen LogP contribution in [-0.4, -0.2) is 57.5 Å². The first kappa shape index (κ1) is 15.5. The lowest BCUT2D eigenvalue weighted by Gasteiger charge is -2.38. The summed E-state index contributed by atoms with van der Waals surface area (Å²) in [6.07, 6.45) is 5.30. The predicted molar refractivity (Wildman–Crippen MR) is 86.8 cm³/mol. The maximum absolute atomic E-state index is 12.8. The van der Waals surface area contributed by atoms with Crippen LogP contribution < -0.4 is 0 Å². The molecule has 0 aromatic carbocycles. The van der Waals surface area contributed by atoms with Gasteiger partial charge in [0, 0.05) is 37.9 Å². The third-order valence-electron chi connectivity index (χ3n) is 4.62. The average Bonchev–Trinajstić information content (AvgIpc) is 3.33. The first-order valence-electron chi connectivity index (χ1n) is 8.06. The van der Waals surface area contributed by atoms with Gasteiger partial charge in [-0.2, -0.15) is 4.98 Å². The summed E-state index contributed by atoms with van der Waals surface area (Å²) in [5, 5.41) is 4.50. The molecule has 1 atom stereocenters. The van der Waals surface area contributed by atoms with Crippen molar-refractivity contribution in [2.24, 2.45) is 0 Å². The van der Waals surface area contributed by atoms with Gasteiger partial charge in [-0.15, -0.1) is 0 Å². The third kappa shape index (κ3) is 2.89. The van der Waals surface area contributed by atoms with E-state index in [-0.39, 0.29) is 11.9 Å². The molecule has 126 valence electrons. The van der Waals surface area contributed by atoms with Crippen LogP contribution in [-0.2, 0) is 0 Å². The van der Waals surface area contributed by atoms with Crippen LogP contribution in [0.1, 0.15) is 46.9 Å². The van der Waals surface area contributed by atoms with Crippen molar-refractivity contribution in [3.63, 3.8) is 0 Å². The normalized spacial score (nSPS) is 21.9. The Morgan fingerprint density at radius 3 is 2.96 bits per heavy atom. The summed E-state index contributed by atoms with van der Waals surface area (Å²) >= 11 is 6.11. The quantitative estimate of drug-likeness (QED) is 0.846. The van der Waals surface area contributed by atoms with Crippen molar-refractivity contribution in [2.75, 3.05) is 26.7 Å². The predicted octanol–water partition coefficient (Wildman–Crippen LogP) is 2.12. The van der Waals surface area contributed by atoms with Crippen LogP contribution in [0.5, 0.6) is 0 Å². The molecule has 1 unspecified atom stereocenters. The maximum Gasteiger partial charge on any atom is 0.255 e. The SMILES string of the molecule is CN1CCN(C(=O)c2ccncc2Cl)CC1c1noc(C2CC2)n1. The van der Waals surface area contributed by atoms with E-state index in [0.717, 1.165) is 25.3 Å². The summed E-state index contributed by atoms with van der Waals surface area (Å²) in [6, 6.07) is 1.58. The van der Waals surface area contributed by atoms with E-state index in [1.54, 1.807) is 17.2 Å². The maximum atomic E-state index is 12.8.